The van der Waals surface area contributed by atoms with Gasteiger partial charge in [-0.25, -0.2) is 0 Å². The molecule has 0 aliphatic carbocycles. The molecule has 0 spiro atoms. The first-order chi connectivity index (χ1) is 7.15. The summed E-state index contributed by atoms with van der Waals surface area (Å²) in [5.74, 6) is 0. The van der Waals surface area contributed by atoms with Crippen LogP contribution >= 0.6 is 23.2 Å². The highest BCUT2D eigenvalue weighted by molar-refractivity contribution is 6.42. The zero-order valence-corrected chi connectivity index (χ0v) is 9.68. The second-order valence-electron chi connectivity index (χ2n) is 4.08. The summed E-state index contributed by atoms with van der Waals surface area (Å²) in [6, 6.07) is 5.56. The molecule has 1 aliphatic rings. The molecule has 1 aromatic rings. The first-order valence-electron chi connectivity index (χ1n) is 4.78. The summed E-state index contributed by atoms with van der Waals surface area (Å²) in [6.07, 6.45) is 0.778. The standard InChI is InChI=1S/C11H12Cl2O2/c12-9-2-1-8(3-10(9)13)4-11(5-14)6-15-7-11/h1-3,14H,4-7H2. The van der Waals surface area contributed by atoms with E-state index in [0.29, 0.717) is 23.3 Å². The number of ether oxygens (including phenoxy) is 1. The molecule has 1 aromatic carbocycles. The van der Waals surface area contributed by atoms with Gasteiger partial charge in [-0.3, -0.25) is 0 Å². The van der Waals surface area contributed by atoms with E-state index >= 15 is 0 Å². The fraction of sp³-hybridized carbons (Fsp3) is 0.455. The summed E-state index contributed by atoms with van der Waals surface area (Å²) >= 11 is 11.7. The van der Waals surface area contributed by atoms with E-state index in [2.05, 4.69) is 0 Å². The van der Waals surface area contributed by atoms with E-state index in [4.69, 9.17) is 27.9 Å². The van der Waals surface area contributed by atoms with Crippen molar-refractivity contribution in [2.24, 2.45) is 5.41 Å². The van der Waals surface area contributed by atoms with Crippen molar-refractivity contribution in [1.29, 1.82) is 0 Å². The van der Waals surface area contributed by atoms with Gasteiger partial charge in [0, 0.05) is 5.41 Å². The maximum absolute atomic E-state index is 9.28. The number of aliphatic hydroxyl groups is 1. The van der Waals surface area contributed by atoms with Gasteiger partial charge in [0.05, 0.1) is 29.9 Å². The van der Waals surface area contributed by atoms with Crippen molar-refractivity contribution in [3.05, 3.63) is 33.8 Å². The van der Waals surface area contributed by atoms with Gasteiger partial charge in [-0.05, 0) is 24.1 Å². The Morgan fingerprint density at radius 2 is 2.00 bits per heavy atom. The van der Waals surface area contributed by atoms with Crippen molar-refractivity contribution in [3.63, 3.8) is 0 Å². The molecule has 1 N–H and O–H groups in total. The Bertz CT molecular complexity index is 356. The molecule has 1 saturated heterocycles. The third-order valence-corrected chi connectivity index (χ3v) is 3.45. The smallest absolute Gasteiger partial charge is 0.0595 e. The Morgan fingerprint density at radius 3 is 2.47 bits per heavy atom. The van der Waals surface area contributed by atoms with E-state index in [0.717, 1.165) is 12.0 Å². The lowest BCUT2D eigenvalue weighted by molar-refractivity contribution is -0.136. The normalized spacial score (nSPS) is 18.6. The molecule has 0 radical (unpaired) electrons. The third-order valence-electron chi connectivity index (χ3n) is 2.72. The van der Waals surface area contributed by atoms with Crippen LogP contribution in [0.4, 0.5) is 0 Å². The molecule has 1 fully saturated rings. The quantitative estimate of drug-likeness (QED) is 0.889. The zero-order valence-electron chi connectivity index (χ0n) is 8.17. The first-order valence-corrected chi connectivity index (χ1v) is 5.53. The number of aliphatic hydroxyl groups excluding tert-OH is 1. The summed E-state index contributed by atoms with van der Waals surface area (Å²) in [5.41, 5.74) is 0.971. The molecule has 82 valence electrons. The van der Waals surface area contributed by atoms with Crippen LogP contribution in [0.2, 0.25) is 10.0 Å². The predicted octanol–water partition coefficient (Wildman–Crippen LogP) is 2.54. The van der Waals surface area contributed by atoms with Crippen LogP contribution in [0.25, 0.3) is 0 Å². The highest BCUT2D eigenvalue weighted by Gasteiger charge is 2.38. The van der Waals surface area contributed by atoms with E-state index in [1.165, 1.54) is 0 Å². The van der Waals surface area contributed by atoms with Gasteiger partial charge < -0.3 is 9.84 Å². The largest absolute Gasteiger partial charge is 0.396 e. The number of rotatable bonds is 3. The predicted molar refractivity (Wildman–Crippen MR) is 60.5 cm³/mol. The van der Waals surface area contributed by atoms with Crippen LogP contribution in [0.3, 0.4) is 0 Å². The Labute approximate surface area is 98.8 Å². The summed E-state index contributed by atoms with van der Waals surface area (Å²) in [5, 5.41) is 10.4. The minimum absolute atomic E-state index is 0.114. The number of halogens is 2. The fourth-order valence-electron chi connectivity index (χ4n) is 1.72. The van der Waals surface area contributed by atoms with Crippen LogP contribution in [0, 0.1) is 5.41 Å². The molecule has 4 heteroatoms. The summed E-state index contributed by atoms with van der Waals surface area (Å²) in [7, 11) is 0. The van der Waals surface area contributed by atoms with Gasteiger partial charge in [0.25, 0.3) is 0 Å². The van der Waals surface area contributed by atoms with Crippen molar-refractivity contribution >= 4 is 23.2 Å². The lowest BCUT2D eigenvalue weighted by atomic mass is 9.81. The van der Waals surface area contributed by atoms with Gasteiger partial charge >= 0.3 is 0 Å². The molecular weight excluding hydrogens is 235 g/mol. The Kier molecular flexibility index (Phi) is 3.21. The minimum Gasteiger partial charge on any atom is -0.396 e. The van der Waals surface area contributed by atoms with Crippen LogP contribution < -0.4 is 0 Å². The topological polar surface area (TPSA) is 29.5 Å². The molecule has 15 heavy (non-hydrogen) atoms. The molecule has 1 aliphatic heterocycles. The Hall–Kier alpha value is -0.280. The van der Waals surface area contributed by atoms with Gasteiger partial charge in [-0.2, -0.15) is 0 Å². The lowest BCUT2D eigenvalue weighted by Crippen LogP contribution is -2.47. The molecule has 0 aromatic heterocycles. The molecule has 2 nitrogen and oxygen atoms in total. The molecule has 0 atom stereocenters. The average Bonchev–Trinajstić information content (AvgIpc) is 2.17. The minimum atomic E-state index is -0.114. The molecule has 0 saturated carbocycles. The van der Waals surface area contributed by atoms with E-state index in [-0.39, 0.29) is 12.0 Å². The molecule has 0 bridgehead atoms. The highest BCUT2D eigenvalue weighted by Crippen LogP contribution is 2.33. The molecular formula is C11H12Cl2O2. The van der Waals surface area contributed by atoms with E-state index in [9.17, 15) is 5.11 Å². The van der Waals surface area contributed by atoms with Crippen LogP contribution in [-0.4, -0.2) is 24.9 Å². The van der Waals surface area contributed by atoms with E-state index in [1.807, 2.05) is 12.1 Å². The average molecular weight is 247 g/mol. The summed E-state index contributed by atoms with van der Waals surface area (Å²) in [6.45, 7) is 1.38. The maximum atomic E-state index is 9.28. The van der Waals surface area contributed by atoms with Crippen molar-refractivity contribution in [1.82, 2.24) is 0 Å². The first kappa shape index (κ1) is 11.2. The van der Waals surface area contributed by atoms with Crippen molar-refractivity contribution < 1.29 is 9.84 Å². The van der Waals surface area contributed by atoms with E-state index < -0.39 is 0 Å². The SMILES string of the molecule is OCC1(Cc2ccc(Cl)c(Cl)c2)COC1. The third kappa shape index (κ3) is 2.28. The van der Waals surface area contributed by atoms with Crippen molar-refractivity contribution in [3.8, 4) is 0 Å². The van der Waals surface area contributed by atoms with Gasteiger partial charge in [0.2, 0.25) is 0 Å². The van der Waals surface area contributed by atoms with Crippen LogP contribution in [-0.2, 0) is 11.2 Å². The van der Waals surface area contributed by atoms with Crippen molar-refractivity contribution in [2.45, 2.75) is 6.42 Å². The number of benzene rings is 1. The van der Waals surface area contributed by atoms with Crippen LogP contribution in [0.15, 0.2) is 18.2 Å². The number of hydrogen-bond donors (Lipinski definition) is 1. The fourth-order valence-corrected chi connectivity index (χ4v) is 2.04. The molecule has 1 heterocycles. The Balaban J connectivity index is 2.13. The molecule has 2 rings (SSSR count). The second kappa shape index (κ2) is 4.30. The van der Waals surface area contributed by atoms with Crippen LogP contribution in [0.5, 0.6) is 0 Å². The summed E-state index contributed by atoms with van der Waals surface area (Å²) in [4.78, 5) is 0. The van der Waals surface area contributed by atoms with Gasteiger partial charge in [-0.15, -0.1) is 0 Å². The van der Waals surface area contributed by atoms with Gasteiger partial charge in [0.15, 0.2) is 0 Å². The second-order valence-corrected chi connectivity index (χ2v) is 4.89. The molecule has 0 amide bonds. The van der Waals surface area contributed by atoms with Crippen molar-refractivity contribution in [2.75, 3.05) is 19.8 Å². The van der Waals surface area contributed by atoms with E-state index in [1.54, 1.807) is 6.07 Å². The van der Waals surface area contributed by atoms with Gasteiger partial charge in [-0.1, -0.05) is 29.3 Å². The Morgan fingerprint density at radius 1 is 1.27 bits per heavy atom. The van der Waals surface area contributed by atoms with Crippen LogP contribution in [0.1, 0.15) is 5.56 Å². The monoisotopic (exact) mass is 246 g/mol. The maximum Gasteiger partial charge on any atom is 0.0595 e. The van der Waals surface area contributed by atoms with Gasteiger partial charge in [0.1, 0.15) is 0 Å². The molecule has 0 unspecified atom stereocenters. The summed E-state index contributed by atoms with van der Waals surface area (Å²) < 4.78 is 5.14. The zero-order chi connectivity index (χ0) is 10.9. The lowest BCUT2D eigenvalue weighted by Gasteiger charge is -2.40. The number of hydrogen-bond acceptors (Lipinski definition) is 2. The highest BCUT2D eigenvalue weighted by atomic mass is 35.5.